The first kappa shape index (κ1) is 29.0. The van der Waals surface area contributed by atoms with E-state index in [1.807, 2.05) is 24.3 Å². The van der Waals surface area contributed by atoms with Crippen LogP contribution in [0.2, 0.25) is 0 Å². The van der Waals surface area contributed by atoms with Crippen molar-refractivity contribution in [3.8, 4) is 0 Å². The quantitative estimate of drug-likeness (QED) is 0.197. The number of nitrogens with zero attached hydrogens (tertiary/aromatic N) is 2. The average Bonchev–Trinajstić information content (AvgIpc) is 2.97. The molecule has 0 aliphatic rings. The zero-order chi connectivity index (χ0) is 25.9. The fourth-order valence-corrected chi connectivity index (χ4v) is 4.95. The first-order chi connectivity index (χ1) is 18.6. The number of benzene rings is 4. The fraction of sp³-hybridized carbons (Fsp3) is 0.0588. The monoisotopic (exact) mass is 652 g/mol. The summed E-state index contributed by atoms with van der Waals surface area (Å²) in [5, 5.41) is 2.17. The lowest BCUT2D eigenvalue weighted by Crippen LogP contribution is -3.00. The zero-order valence-electron chi connectivity index (χ0n) is 21.9. The number of fused-ring (bicyclic) bond motifs is 2. The number of hydrogen-bond donors (Lipinski definition) is 2. The molecule has 4 N–H and O–H groups in total. The Morgan fingerprint density at radius 1 is 0.475 bits per heavy atom. The van der Waals surface area contributed by atoms with Gasteiger partial charge >= 0.3 is 0 Å². The van der Waals surface area contributed by atoms with Gasteiger partial charge in [-0.2, -0.15) is 9.13 Å². The molecule has 0 unspecified atom stereocenters. The van der Waals surface area contributed by atoms with Crippen LogP contribution in [-0.4, -0.2) is 0 Å². The van der Waals surface area contributed by atoms with Gasteiger partial charge in [0.2, 0.25) is 11.0 Å². The van der Waals surface area contributed by atoms with Gasteiger partial charge in [0, 0.05) is 35.4 Å². The summed E-state index contributed by atoms with van der Waals surface area (Å²) in [6.45, 7) is 1.60. The second kappa shape index (κ2) is 12.9. The van der Waals surface area contributed by atoms with Crippen molar-refractivity contribution in [1.29, 1.82) is 0 Å². The number of para-hydroxylation sites is 2. The Balaban J connectivity index is 0.00000185. The van der Waals surface area contributed by atoms with E-state index in [0.717, 1.165) is 46.3 Å². The molecule has 0 aliphatic carbocycles. The molecule has 6 heteroatoms. The number of nitrogen functional groups attached to an aromatic ring is 2. The Kier molecular flexibility index (Phi) is 9.35. The van der Waals surface area contributed by atoms with E-state index in [2.05, 4.69) is 119 Å². The molecular weight excluding hydrogens is 624 g/mol. The number of hydrogen-bond acceptors (Lipinski definition) is 2. The standard InChI is InChI=1S/C34H28N4.2BrH/c35-31-19-21-37(33-7-3-1-5-29(31)33)23-27-15-11-25(12-16-27)9-10-26-13-17-28(18-14-26)24-38-22-20-32(36)30-6-2-4-8-34(30)38;;/h1-22,35-36H,23-24H2;2*1H. The summed E-state index contributed by atoms with van der Waals surface area (Å²) in [6.07, 6.45) is 8.44. The zero-order valence-corrected chi connectivity index (χ0v) is 25.1. The van der Waals surface area contributed by atoms with E-state index >= 15 is 0 Å². The lowest BCUT2D eigenvalue weighted by Gasteiger charge is -2.05. The van der Waals surface area contributed by atoms with Crippen LogP contribution >= 0.6 is 0 Å². The molecule has 40 heavy (non-hydrogen) atoms. The van der Waals surface area contributed by atoms with E-state index in [1.165, 1.54) is 22.3 Å². The van der Waals surface area contributed by atoms with E-state index < -0.39 is 0 Å². The van der Waals surface area contributed by atoms with Crippen molar-refractivity contribution in [2.45, 2.75) is 13.1 Å². The molecule has 0 atom stereocenters. The molecule has 0 radical (unpaired) electrons. The smallest absolute Gasteiger partial charge is 0.214 e. The van der Waals surface area contributed by atoms with Crippen LogP contribution in [0.15, 0.2) is 122 Å². The maximum Gasteiger partial charge on any atom is 0.214 e. The lowest BCUT2D eigenvalue weighted by molar-refractivity contribution is -0.662. The summed E-state index contributed by atoms with van der Waals surface area (Å²) in [5.41, 5.74) is 21.1. The Morgan fingerprint density at radius 2 is 0.850 bits per heavy atom. The van der Waals surface area contributed by atoms with Gasteiger partial charge in [0.15, 0.2) is 25.5 Å². The molecule has 6 rings (SSSR count). The van der Waals surface area contributed by atoms with Crippen molar-refractivity contribution in [1.82, 2.24) is 0 Å². The van der Waals surface area contributed by atoms with Crippen molar-refractivity contribution < 1.29 is 43.1 Å². The third kappa shape index (κ3) is 6.24. The summed E-state index contributed by atoms with van der Waals surface area (Å²) in [6, 6.07) is 37.9. The third-order valence-electron chi connectivity index (χ3n) is 7.05. The first-order valence-corrected chi connectivity index (χ1v) is 12.8. The highest BCUT2D eigenvalue weighted by molar-refractivity contribution is 5.88. The van der Waals surface area contributed by atoms with Crippen molar-refractivity contribution in [2.24, 2.45) is 0 Å². The molecule has 0 saturated heterocycles. The first-order valence-electron chi connectivity index (χ1n) is 12.8. The molecule has 0 spiro atoms. The maximum absolute atomic E-state index is 6.16. The van der Waals surface area contributed by atoms with Crippen LogP contribution in [-0.2, 0) is 13.1 Å². The van der Waals surface area contributed by atoms with E-state index in [9.17, 15) is 0 Å². The predicted molar refractivity (Wildman–Crippen MR) is 157 cm³/mol. The van der Waals surface area contributed by atoms with E-state index in [4.69, 9.17) is 11.5 Å². The molecule has 2 heterocycles. The van der Waals surface area contributed by atoms with Crippen LogP contribution < -0.4 is 54.6 Å². The lowest BCUT2D eigenvalue weighted by atomic mass is 10.1. The minimum Gasteiger partial charge on any atom is -1.00 e. The van der Waals surface area contributed by atoms with Gasteiger partial charge in [-0.1, -0.05) is 84.9 Å². The number of aromatic nitrogens is 2. The van der Waals surface area contributed by atoms with Gasteiger partial charge in [-0.3, -0.25) is 0 Å². The Morgan fingerprint density at radius 3 is 1.25 bits per heavy atom. The molecule has 4 aromatic carbocycles. The van der Waals surface area contributed by atoms with Crippen molar-refractivity contribution in [2.75, 3.05) is 11.5 Å². The van der Waals surface area contributed by atoms with Gasteiger partial charge in [0.05, 0.1) is 22.1 Å². The van der Waals surface area contributed by atoms with Gasteiger partial charge in [-0.15, -0.1) is 0 Å². The highest BCUT2D eigenvalue weighted by Gasteiger charge is 2.12. The van der Waals surface area contributed by atoms with Crippen LogP contribution in [0.25, 0.3) is 34.0 Å². The molecule has 2 aromatic heterocycles. The molecule has 6 aromatic rings. The van der Waals surface area contributed by atoms with E-state index in [0.29, 0.717) is 0 Å². The van der Waals surface area contributed by atoms with Gasteiger partial charge < -0.3 is 45.4 Å². The molecule has 0 aliphatic heterocycles. The molecular formula is C34H30Br2N4. The summed E-state index contributed by atoms with van der Waals surface area (Å²) >= 11 is 0. The number of anilines is 2. The Hall–Kier alpha value is -4.00. The van der Waals surface area contributed by atoms with E-state index in [1.54, 1.807) is 0 Å². The summed E-state index contributed by atoms with van der Waals surface area (Å²) in [4.78, 5) is 0. The number of pyridine rings is 2. The summed E-state index contributed by atoms with van der Waals surface area (Å²) in [5.74, 6) is 0. The highest BCUT2D eigenvalue weighted by atomic mass is 79.9. The summed E-state index contributed by atoms with van der Waals surface area (Å²) in [7, 11) is 0. The van der Waals surface area contributed by atoms with E-state index in [-0.39, 0.29) is 34.0 Å². The van der Waals surface area contributed by atoms with Crippen LogP contribution in [0.1, 0.15) is 22.3 Å². The van der Waals surface area contributed by atoms with Gasteiger partial charge in [0.25, 0.3) is 0 Å². The van der Waals surface area contributed by atoms with Crippen LogP contribution in [0.5, 0.6) is 0 Å². The van der Waals surface area contributed by atoms with Crippen LogP contribution in [0.3, 0.4) is 0 Å². The second-order valence-electron chi connectivity index (χ2n) is 9.65. The minimum absolute atomic E-state index is 0. The predicted octanol–water partition coefficient (Wildman–Crippen LogP) is 0.00740. The average molecular weight is 654 g/mol. The van der Waals surface area contributed by atoms with Gasteiger partial charge in [-0.25, -0.2) is 0 Å². The van der Waals surface area contributed by atoms with Crippen molar-refractivity contribution in [3.63, 3.8) is 0 Å². The Bertz CT molecular complexity index is 1650. The molecule has 0 saturated carbocycles. The van der Waals surface area contributed by atoms with Gasteiger partial charge in [-0.05, 0) is 23.3 Å². The normalized spacial score (nSPS) is 10.9. The highest BCUT2D eigenvalue weighted by Crippen LogP contribution is 2.19. The fourth-order valence-electron chi connectivity index (χ4n) is 4.95. The van der Waals surface area contributed by atoms with Crippen molar-refractivity contribution in [3.05, 3.63) is 144 Å². The molecule has 0 bridgehead atoms. The molecule has 0 fully saturated rings. The largest absolute Gasteiger partial charge is 1.00 e. The molecule has 0 amide bonds. The maximum atomic E-state index is 6.16. The second-order valence-corrected chi connectivity index (χ2v) is 9.65. The molecule has 4 nitrogen and oxygen atoms in total. The number of halogens is 2. The minimum atomic E-state index is 0. The Labute approximate surface area is 255 Å². The van der Waals surface area contributed by atoms with Crippen molar-refractivity contribution >= 4 is 45.3 Å². The molecule has 200 valence electrons. The summed E-state index contributed by atoms with van der Waals surface area (Å²) < 4.78 is 4.48. The number of rotatable bonds is 6. The van der Waals surface area contributed by atoms with Crippen LogP contribution in [0.4, 0.5) is 11.4 Å². The van der Waals surface area contributed by atoms with Crippen LogP contribution in [0, 0.1) is 0 Å². The topological polar surface area (TPSA) is 59.8 Å². The third-order valence-corrected chi connectivity index (χ3v) is 7.05. The SMILES string of the molecule is Nc1cc[n+](Cc2ccc(C=Cc3ccc(C[n+]4ccc(N)c5ccccc54)cc3)cc2)c2ccccc12.[Br-].[Br-]. The van der Waals surface area contributed by atoms with Gasteiger partial charge in [0.1, 0.15) is 0 Å². The number of nitrogens with two attached hydrogens (primary N) is 2.